The average Bonchev–Trinajstić information content (AvgIpc) is 2.71. The highest BCUT2D eigenvalue weighted by molar-refractivity contribution is 5.20. The molecule has 0 amide bonds. The van der Waals surface area contributed by atoms with Gasteiger partial charge in [-0.25, -0.2) is 0 Å². The van der Waals surface area contributed by atoms with Crippen LogP contribution in [0.3, 0.4) is 0 Å². The number of allylic oxidation sites excluding steroid dienone is 4. The summed E-state index contributed by atoms with van der Waals surface area (Å²) in [6.45, 7) is 6.19. The molecule has 1 nitrogen and oxygen atoms in total. The van der Waals surface area contributed by atoms with Gasteiger partial charge in [0.2, 0.25) is 0 Å². The number of piperidine rings is 1. The van der Waals surface area contributed by atoms with Gasteiger partial charge in [0.1, 0.15) is 0 Å². The summed E-state index contributed by atoms with van der Waals surface area (Å²) < 4.78 is 0. The summed E-state index contributed by atoms with van der Waals surface area (Å²) in [5, 5.41) is 0. The highest BCUT2D eigenvalue weighted by Crippen LogP contribution is 2.54. The number of likely N-dealkylation sites (tertiary alicyclic amines) is 1. The van der Waals surface area contributed by atoms with E-state index in [1.165, 1.54) is 45.3 Å². The number of nitrogens with zero attached hydrogens (tertiary/aromatic N) is 1. The molecular weight excluding hydrogens is 194 g/mol. The normalized spacial score (nSPS) is 36.8. The molecule has 3 rings (SSSR count). The molecular formula is C15H23N. The summed E-state index contributed by atoms with van der Waals surface area (Å²) in [4.78, 5) is 2.61. The van der Waals surface area contributed by atoms with Crippen LogP contribution in [0.25, 0.3) is 0 Å². The second-order valence-electron chi connectivity index (χ2n) is 5.79. The van der Waals surface area contributed by atoms with Crippen LogP contribution in [-0.4, -0.2) is 24.5 Å². The van der Waals surface area contributed by atoms with Crippen LogP contribution in [0.5, 0.6) is 0 Å². The van der Waals surface area contributed by atoms with E-state index in [4.69, 9.17) is 0 Å². The van der Waals surface area contributed by atoms with Gasteiger partial charge in [-0.1, -0.05) is 31.2 Å². The maximum absolute atomic E-state index is 2.61. The van der Waals surface area contributed by atoms with E-state index in [0.717, 1.165) is 11.8 Å². The van der Waals surface area contributed by atoms with E-state index in [9.17, 15) is 0 Å². The van der Waals surface area contributed by atoms with Gasteiger partial charge >= 0.3 is 0 Å². The molecule has 0 N–H and O–H groups in total. The number of rotatable bonds is 1. The van der Waals surface area contributed by atoms with Gasteiger partial charge in [-0.05, 0) is 62.6 Å². The second kappa shape index (κ2) is 4.03. The van der Waals surface area contributed by atoms with Crippen LogP contribution in [0, 0.1) is 17.3 Å². The van der Waals surface area contributed by atoms with Crippen molar-refractivity contribution in [2.75, 3.05) is 19.6 Å². The van der Waals surface area contributed by atoms with Crippen molar-refractivity contribution in [3.8, 4) is 0 Å². The molecule has 3 aliphatic rings. The molecule has 2 unspecified atom stereocenters. The summed E-state index contributed by atoms with van der Waals surface area (Å²) in [6, 6.07) is 0. The zero-order valence-electron chi connectivity index (χ0n) is 10.4. The molecule has 2 atom stereocenters. The minimum absolute atomic E-state index is 0.664. The van der Waals surface area contributed by atoms with E-state index in [1.807, 2.05) is 0 Å². The van der Waals surface area contributed by atoms with Crippen molar-refractivity contribution < 1.29 is 0 Å². The maximum Gasteiger partial charge on any atom is -0.00133 e. The van der Waals surface area contributed by atoms with Crippen molar-refractivity contribution >= 4 is 0 Å². The van der Waals surface area contributed by atoms with Gasteiger partial charge < -0.3 is 4.90 Å². The average molecular weight is 217 g/mol. The van der Waals surface area contributed by atoms with E-state index >= 15 is 0 Å². The van der Waals surface area contributed by atoms with E-state index in [-0.39, 0.29) is 0 Å². The topological polar surface area (TPSA) is 3.24 Å². The summed E-state index contributed by atoms with van der Waals surface area (Å²) in [5.41, 5.74) is 0.664. The zero-order valence-corrected chi connectivity index (χ0v) is 10.4. The smallest absolute Gasteiger partial charge is 0.00133 e. The van der Waals surface area contributed by atoms with Crippen molar-refractivity contribution in [3.63, 3.8) is 0 Å². The van der Waals surface area contributed by atoms with Gasteiger partial charge in [-0.3, -0.25) is 0 Å². The minimum Gasteiger partial charge on any atom is -0.304 e. The highest BCUT2D eigenvalue weighted by atomic mass is 15.1. The zero-order chi connectivity index (χ0) is 11.0. The van der Waals surface area contributed by atoms with Crippen molar-refractivity contribution in [2.24, 2.45) is 17.3 Å². The molecule has 1 spiro atoms. The SMILES string of the molecule is CCN1CCC2(CCC3C=CC=CC32)CC1. The van der Waals surface area contributed by atoms with Crippen LogP contribution < -0.4 is 0 Å². The molecule has 1 heteroatoms. The summed E-state index contributed by atoms with van der Waals surface area (Å²) in [7, 11) is 0. The molecule has 1 saturated carbocycles. The van der Waals surface area contributed by atoms with Gasteiger partial charge in [-0.2, -0.15) is 0 Å². The Morgan fingerprint density at radius 2 is 1.88 bits per heavy atom. The minimum atomic E-state index is 0.664. The lowest BCUT2D eigenvalue weighted by Crippen LogP contribution is -2.42. The summed E-state index contributed by atoms with van der Waals surface area (Å²) in [5.74, 6) is 1.72. The Morgan fingerprint density at radius 3 is 2.62 bits per heavy atom. The molecule has 16 heavy (non-hydrogen) atoms. The Kier molecular flexibility index (Phi) is 2.67. The van der Waals surface area contributed by atoms with Gasteiger partial charge in [0.15, 0.2) is 0 Å². The lowest BCUT2D eigenvalue weighted by Gasteiger charge is -2.43. The van der Waals surface area contributed by atoms with Gasteiger partial charge in [0, 0.05) is 0 Å². The number of fused-ring (bicyclic) bond motifs is 2. The number of hydrogen-bond donors (Lipinski definition) is 0. The molecule has 2 fully saturated rings. The maximum atomic E-state index is 2.61. The fourth-order valence-corrected chi connectivity index (χ4v) is 4.11. The molecule has 88 valence electrons. The van der Waals surface area contributed by atoms with E-state index in [1.54, 1.807) is 0 Å². The van der Waals surface area contributed by atoms with Gasteiger partial charge in [-0.15, -0.1) is 0 Å². The molecule has 2 aliphatic carbocycles. The fraction of sp³-hybridized carbons (Fsp3) is 0.733. The molecule has 1 heterocycles. The van der Waals surface area contributed by atoms with Gasteiger partial charge in [0.25, 0.3) is 0 Å². The quantitative estimate of drug-likeness (QED) is 0.652. The second-order valence-corrected chi connectivity index (χ2v) is 5.79. The van der Waals surface area contributed by atoms with E-state index < -0.39 is 0 Å². The van der Waals surface area contributed by atoms with Crippen molar-refractivity contribution in [1.82, 2.24) is 4.90 Å². The largest absolute Gasteiger partial charge is 0.304 e. The van der Waals surface area contributed by atoms with E-state index in [2.05, 4.69) is 36.1 Å². The first kappa shape index (κ1) is 10.6. The van der Waals surface area contributed by atoms with Crippen molar-refractivity contribution in [3.05, 3.63) is 24.3 Å². The summed E-state index contributed by atoms with van der Waals surface area (Å²) in [6.07, 6.45) is 15.2. The molecule has 1 saturated heterocycles. The first-order chi connectivity index (χ1) is 7.84. The van der Waals surface area contributed by atoms with Gasteiger partial charge in [0.05, 0.1) is 0 Å². The van der Waals surface area contributed by atoms with Crippen molar-refractivity contribution in [1.29, 1.82) is 0 Å². The van der Waals surface area contributed by atoms with Crippen LogP contribution in [-0.2, 0) is 0 Å². The molecule has 0 aromatic heterocycles. The molecule has 0 aromatic carbocycles. The first-order valence-corrected chi connectivity index (χ1v) is 6.91. The predicted molar refractivity (Wildman–Crippen MR) is 68.3 cm³/mol. The predicted octanol–water partition coefficient (Wildman–Crippen LogP) is 3.24. The van der Waals surface area contributed by atoms with Crippen LogP contribution >= 0.6 is 0 Å². The Morgan fingerprint density at radius 1 is 1.12 bits per heavy atom. The standard InChI is InChI=1S/C15H23N/c1-2-16-11-9-15(10-12-16)8-7-13-5-3-4-6-14(13)15/h3-6,13-14H,2,7-12H2,1H3. The Labute approximate surface area is 99.2 Å². The lowest BCUT2D eigenvalue weighted by molar-refractivity contribution is 0.0827. The van der Waals surface area contributed by atoms with Crippen LogP contribution in [0.1, 0.15) is 32.6 Å². The molecule has 0 radical (unpaired) electrons. The number of hydrogen-bond acceptors (Lipinski definition) is 1. The fourth-order valence-electron chi connectivity index (χ4n) is 4.11. The van der Waals surface area contributed by atoms with Crippen LogP contribution in [0.4, 0.5) is 0 Å². The van der Waals surface area contributed by atoms with Crippen LogP contribution in [0.2, 0.25) is 0 Å². The first-order valence-electron chi connectivity index (χ1n) is 6.91. The molecule has 0 aromatic rings. The van der Waals surface area contributed by atoms with Crippen LogP contribution in [0.15, 0.2) is 24.3 Å². The Hall–Kier alpha value is -0.560. The third-order valence-electron chi connectivity index (χ3n) is 5.23. The molecule has 0 bridgehead atoms. The lowest BCUT2D eigenvalue weighted by atomic mass is 9.68. The summed E-state index contributed by atoms with van der Waals surface area (Å²) >= 11 is 0. The Balaban J connectivity index is 1.75. The highest BCUT2D eigenvalue weighted by Gasteiger charge is 2.47. The van der Waals surface area contributed by atoms with E-state index in [0.29, 0.717) is 5.41 Å². The third-order valence-corrected chi connectivity index (χ3v) is 5.23. The molecule has 1 aliphatic heterocycles. The van der Waals surface area contributed by atoms with Crippen molar-refractivity contribution in [2.45, 2.75) is 32.6 Å². The third kappa shape index (κ3) is 1.57. The Bertz CT molecular complexity index is 307. The monoisotopic (exact) mass is 217 g/mol.